The van der Waals surface area contributed by atoms with Crippen LogP contribution >= 0.6 is 29.9 Å². The van der Waals surface area contributed by atoms with Crippen molar-refractivity contribution in [3.05, 3.63) is 24.3 Å². The smallest absolute Gasteiger partial charge is 0.416 e. The molecule has 1 atom stereocenters. The fourth-order valence-electron chi connectivity index (χ4n) is 1.27. The molecule has 6 heteroatoms. The Labute approximate surface area is 117 Å². The highest BCUT2D eigenvalue weighted by atomic mass is 32.7. The molecule has 1 unspecified atom stereocenters. The molecule has 0 aromatic heterocycles. The molecule has 0 radical (unpaired) electrons. The molecule has 0 aliphatic rings. The van der Waals surface area contributed by atoms with Crippen LogP contribution in [0.1, 0.15) is 20.3 Å². The van der Waals surface area contributed by atoms with Crippen LogP contribution in [0.15, 0.2) is 29.2 Å². The van der Waals surface area contributed by atoms with Gasteiger partial charge in [-0.15, -0.1) is 11.8 Å². The van der Waals surface area contributed by atoms with Gasteiger partial charge in [0.15, 0.2) is 0 Å². The molecule has 0 amide bonds. The van der Waals surface area contributed by atoms with Crippen LogP contribution in [0.5, 0.6) is 5.75 Å². The average molecular weight is 306 g/mol. The fraction of sp³-hybridized carbons (Fsp3) is 0.500. The lowest BCUT2D eigenvalue weighted by Crippen LogP contribution is -1.97. The van der Waals surface area contributed by atoms with Crippen molar-refractivity contribution in [2.24, 2.45) is 0 Å². The minimum absolute atomic E-state index is 0.384. The van der Waals surface area contributed by atoms with E-state index in [4.69, 9.17) is 9.05 Å². The van der Waals surface area contributed by atoms with E-state index >= 15 is 0 Å². The van der Waals surface area contributed by atoms with E-state index in [1.165, 1.54) is 11.4 Å². The van der Waals surface area contributed by atoms with Gasteiger partial charge in [-0.1, -0.05) is 19.1 Å². The van der Waals surface area contributed by atoms with E-state index in [-0.39, 0.29) is 0 Å². The molecular weight excluding hydrogens is 287 g/mol. The van der Waals surface area contributed by atoms with Crippen molar-refractivity contribution < 1.29 is 13.6 Å². The predicted molar refractivity (Wildman–Crippen MR) is 80.8 cm³/mol. The van der Waals surface area contributed by atoms with Crippen molar-refractivity contribution in [3.63, 3.8) is 0 Å². The summed E-state index contributed by atoms with van der Waals surface area (Å²) in [7, 11) is 0. The van der Waals surface area contributed by atoms with E-state index in [0.29, 0.717) is 12.4 Å². The Hall–Kier alpha value is -0.0900. The van der Waals surface area contributed by atoms with Gasteiger partial charge in [0.25, 0.3) is 0 Å². The second kappa shape index (κ2) is 8.16. The molecule has 1 aromatic rings. The van der Waals surface area contributed by atoms with Crippen molar-refractivity contribution >= 4 is 29.9 Å². The highest BCUT2D eigenvalue weighted by Gasteiger charge is 2.27. The Bertz CT molecular complexity index is 412. The summed E-state index contributed by atoms with van der Waals surface area (Å²) < 4.78 is 23.5. The van der Waals surface area contributed by atoms with Crippen LogP contribution in [-0.4, -0.2) is 18.6 Å². The maximum Gasteiger partial charge on any atom is 0.440 e. The van der Waals surface area contributed by atoms with Crippen LogP contribution < -0.4 is 4.52 Å². The van der Waals surface area contributed by atoms with Gasteiger partial charge in [0.05, 0.1) is 6.61 Å². The van der Waals surface area contributed by atoms with Gasteiger partial charge in [0.2, 0.25) is 0 Å². The van der Waals surface area contributed by atoms with E-state index in [1.54, 1.807) is 11.8 Å². The first-order valence-electron chi connectivity index (χ1n) is 5.87. The SMILES string of the molecule is CCCSP(=O)(OCC)Oc1ccccc1SC. The number of benzene rings is 1. The van der Waals surface area contributed by atoms with Crippen molar-refractivity contribution in [2.45, 2.75) is 25.2 Å². The lowest BCUT2D eigenvalue weighted by molar-refractivity contribution is 0.294. The normalized spacial score (nSPS) is 14.2. The first kappa shape index (κ1) is 16.0. The molecule has 0 bridgehead atoms. The third kappa shape index (κ3) is 4.88. The third-order valence-corrected chi connectivity index (χ3v) is 6.74. The largest absolute Gasteiger partial charge is 0.440 e. The Kier molecular flexibility index (Phi) is 7.23. The molecule has 0 spiro atoms. The van der Waals surface area contributed by atoms with Gasteiger partial charge in [-0.25, -0.2) is 4.57 Å². The van der Waals surface area contributed by atoms with Gasteiger partial charge in [0, 0.05) is 10.6 Å². The molecule has 3 nitrogen and oxygen atoms in total. The summed E-state index contributed by atoms with van der Waals surface area (Å²) in [5.74, 6) is 1.39. The maximum absolute atomic E-state index is 12.5. The number of thioether (sulfide) groups is 1. The van der Waals surface area contributed by atoms with E-state index in [1.807, 2.05) is 44.4 Å². The maximum atomic E-state index is 12.5. The minimum atomic E-state index is -3.09. The summed E-state index contributed by atoms with van der Waals surface area (Å²) in [5, 5.41) is 0. The zero-order valence-corrected chi connectivity index (χ0v) is 13.4. The van der Waals surface area contributed by atoms with Gasteiger partial charge < -0.3 is 4.52 Å². The van der Waals surface area contributed by atoms with Crippen molar-refractivity contribution in [1.29, 1.82) is 0 Å². The predicted octanol–water partition coefficient (Wildman–Crippen LogP) is 5.08. The number of hydrogen-bond donors (Lipinski definition) is 0. The molecule has 18 heavy (non-hydrogen) atoms. The molecule has 0 aliphatic heterocycles. The number of hydrogen-bond acceptors (Lipinski definition) is 5. The lowest BCUT2D eigenvalue weighted by atomic mass is 10.3. The Morgan fingerprint density at radius 3 is 2.61 bits per heavy atom. The standard InChI is InChI=1S/C12H19O3PS2/c1-4-10-18-16(13,14-5-2)15-11-8-6-7-9-12(11)17-3/h6-9H,4-5,10H2,1-3H3. The Balaban J connectivity index is 2.85. The van der Waals surface area contributed by atoms with Gasteiger partial charge in [-0.05, 0) is 43.1 Å². The quantitative estimate of drug-likeness (QED) is 0.494. The van der Waals surface area contributed by atoms with Crippen LogP contribution in [0.3, 0.4) is 0 Å². The highest BCUT2D eigenvalue weighted by molar-refractivity contribution is 8.55. The molecular formula is C12H19O3PS2. The molecule has 1 rings (SSSR count). The summed E-state index contributed by atoms with van der Waals surface area (Å²) in [4.78, 5) is 0.967. The molecule has 0 saturated carbocycles. The number of para-hydroxylation sites is 1. The topological polar surface area (TPSA) is 35.5 Å². The second-order valence-electron chi connectivity index (χ2n) is 3.44. The monoisotopic (exact) mass is 306 g/mol. The van der Waals surface area contributed by atoms with Crippen molar-refractivity contribution in [3.8, 4) is 5.75 Å². The van der Waals surface area contributed by atoms with E-state index in [9.17, 15) is 4.57 Å². The minimum Gasteiger partial charge on any atom is -0.416 e. The lowest BCUT2D eigenvalue weighted by Gasteiger charge is -2.18. The van der Waals surface area contributed by atoms with Crippen molar-refractivity contribution in [2.75, 3.05) is 18.6 Å². The van der Waals surface area contributed by atoms with E-state index < -0.39 is 6.80 Å². The van der Waals surface area contributed by atoms with Gasteiger partial charge >= 0.3 is 6.80 Å². The van der Waals surface area contributed by atoms with Gasteiger partial charge in [-0.2, -0.15) is 0 Å². The zero-order valence-electron chi connectivity index (χ0n) is 10.9. The van der Waals surface area contributed by atoms with Crippen LogP contribution in [0.25, 0.3) is 0 Å². The second-order valence-corrected chi connectivity index (χ2v) is 8.41. The fourth-order valence-corrected chi connectivity index (χ4v) is 5.31. The number of rotatable bonds is 8. The molecule has 0 heterocycles. The molecule has 102 valence electrons. The van der Waals surface area contributed by atoms with Crippen LogP contribution in [0.4, 0.5) is 0 Å². The summed E-state index contributed by atoms with van der Waals surface area (Å²) in [6, 6.07) is 7.57. The van der Waals surface area contributed by atoms with Crippen molar-refractivity contribution in [1.82, 2.24) is 0 Å². The summed E-state index contributed by atoms with van der Waals surface area (Å²) in [6.45, 7) is 1.15. The van der Waals surface area contributed by atoms with Crippen LogP contribution in [0.2, 0.25) is 0 Å². The molecule has 0 fully saturated rings. The molecule has 0 N–H and O–H groups in total. The van der Waals surface area contributed by atoms with E-state index in [0.717, 1.165) is 17.1 Å². The summed E-state index contributed by atoms with van der Waals surface area (Å²) >= 11 is 2.83. The summed E-state index contributed by atoms with van der Waals surface area (Å²) in [6.07, 6.45) is 2.91. The molecule has 0 saturated heterocycles. The first-order chi connectivity index (χ1) is 8.65. The highest BCUT2D eigenvalue weighted by Crippen LogP contribution is 2.60. The first-order valence-corrected chi connectivity index (χ1v) is 10.2. The molecule has 1 aromatic carbocycles. The Morgan fingerprint density at radius 2 is 2.00 bits per heavy atom. The van der Waals surface area contributed by atoms with Gasteiger partial charge in [-0.3, -0.25) is 4.52 Å². The summed E-state index contributed by atoms with van der Waals surface area (Å²) in [5.41, 5.74) is 0. The third-order valence-electron chi connectivity index (χ3n) is 2.02. The Morgan fingerprint density at radius 1 is 1.28 bits per heavy atom. The van der Waals surface area contributed by atoms with Crippen LogP contribution in [-0.2, 0) is 9.09 Å². The zero-order chi connectivity index (χ0) is 13.4. The van der Waals surface area contributed by atoms with Gasteiger partial charge in [0.1, 0.15) is 5.75 Å². The van der Waals surface area contributed by atoms with Crippen LogP contribution in [0, 0.1) is 0 Å². The molecule has 0 aliphatic carbocycles. The average Bonchev–Trinajstić information content (AvgIpc) is 2.37. The van der Waals surface area contributed by atoms with E-state index in [2.05, 4.69) is 0 Å².